The summed E-state index contributed by atoms with van der Waals surface area (Å²) in [7, 11) is 0. The molecule has 0 aliphatic heterocycles. The fourth-order valence-electron chi connectivity index (χ4n) is 2.86. The van der Waals surface area contributed by atoms with Gasteiger partial charge in [0.1, 0.15) is 5.75 Å². The Hall–Kier alpha value is -3.35. The van der Waals surface area contributed by atoms with E-state index in [1.165, 1.54) is 6.08 Å². The Morgan fingerprint density at radius 3 is 2.45 bits per heavy atom. The third kappa shape index (κ3) is 5.57. The number of hydrogen-bond donors (Lipinski definition) is 1. The summed E-state index contributed by atoms with van der Waals surface area (Å²) in [6, 6.07) is 7.27. The molecule has 0 fully saturated rings. The lowest BCUT2D eigenvalue weighted by molar-refractivity contribution is -0.136. The maximum Gasteiger partial charge on any atom is 0.340 e. The van der Waals surface area contributed by atoms with Gasteiger partial charge < -0.3 is 19.2 Å². The molecule has 1 aromatic heterocycles. The number of ether oxygens (including phenoxy) is 3. The summed E-state index contributed by atoms with van der Waals surface area (Å²) in [5, 5.41) is 0. The Bertz CT molecular complexity index is 925. The Morgan fingerprint density at radius 2 is 1.76 bits per heavy atom. The Labute approximate surface area is 169 Å². The first kappa shape index (κ1) is 21.9. The van der Waals surface area contributed by atoms with Crippen molar-refractivity contribution in [2.75, 3.05) is 19.8 Å². The lowest BCUT2D eigenvalue weighted by Crippen LogP contribution is -2.14. The number of aromatic nitrogens is 1. The number of para-hydroxylation sites is 1. The average molecular weight is 399 g/mol. The SMILES string of the molecule is CCOC(=O)c1c(C)[nH]c(C(=O)COC(=O)C=Cc2ccccc2OCC)c1C. The minimum absolute atomic E-state index is 0.226. The van der Waals surface area contributed by atoms with E-state index in [-0.39, 0.29) is 12.3 Å². The first-order valence-corrected chi connectivity index (χ1v) is 9.35. The van der Waals surface area contributed by atoms with E-state index in [2.05, 4.69) is 4.98 Å². The molecule has 1 aromatic carbocycles. The van der Waals surface area contributed by atoms with Gasteiger partial charge in [0.15, 0.2) is 6.61 Å². The van der Waals surface area contributed by atoms with E-state index >= 15 is 0 Å². The van der Waals surface area contributed by atoms with Gasteiger partial charge in [0.25, 0.3) is 0 Å². The van der Waals surface area contributed by atoms with Crippen molar-refractivity contribution in [3.8, 4) is 5.75 Å². The molecular weight excluding hydrogens is 374 g/mol. The smallest absolute Gasteiger partial charge is 0.340 e. The van der Waals surface area contributed by atoms with Crippen LogP contribution in [0.5, 0.6) is 5.75 Å². The van der Waals surface area contributed by atoms with Crippen molar-refractivity contribution in [2.45, 2.75) is 27.7 Å². The predicted molar refractivity (Wildman–Crippen MR) is 108 cm³/mol. The number of H-pyrrole nitrogens is 1. The number of Topliss-reactive ketones (excluding diaryl/α,β-unsaturated/α-hetero) is 1. The molecule has 154 valence electrons. The van der Waals surface area contributed by atoms with Crippen LogP contribution < -0.4 is 4.74 Å². The van der Waals surface area contributed by atoms with Gasteiger partial charge in [0.05, 0.1) is 24.5 Å². The van der Waals surface area contributed by atoms with Crippen LogP contribution in [0.15, 0.2) is 30.3 Å². The Kier molecular flexibility index (Phi) is 7.77. The molecule has 7 heteroatoms. The van der Waals surface area contributed by atoms with Gasteiger partial charge in [-0.25, -0.2) is 9.59 Å². The first-order valence-electron chi connectivity index (χ1n) is 9.35. The molecule has 0 bridgehead atoms. The minimum atomic E-state index is -0.656. The summed E-state index contributed by atoms with van der Waals surface area (Å²) in [6.45, 7) is 7.21. The predicted octanol–water partition coefficient (Wildman–Crippen LogP) is 3.65. The van der Waals surface area contributed by atoms with Gasteiger partial charge in [-0.05, 0) is 45.4 Å². The largest absolute Gasteiger partial charge is 0.493 e. The summed E-state index contributed by atoms with van der Waals surface area (Å²) >= 11 is 0. The second kappa shape index (κ2) is 10.3. The maximum atomic E-state index is 12.4. The third-order valence-corrected chi connectivity index (χ3v) is 4.16. The molecule has 1 heterocycles. The fourth-order valence-corrected chi connectivity index (χ4v) is 2.86. The van der Waals surface area contributed by atoms with E-state index in [0.717, 1.165) is 5.56 Å². The second-order valence-electron chi connectivity index (χ2n) is 6.18. The highest BCUT2D eigenvalue weighted by Gasteiger charge is 2.23. The van der Waals surface area contributed by atoms with Crippen LogP contribution in [0.3, 0.4) is 0 Å². The van der Waals surface area contributed by atoms with Crippen LogP contribution in [0.25, 0.3) is 6.08 Å². The molecule has 0 unspecified atom stereocenters. The maximum absolute atomic E-state index is 12.4. The fraction of sp³-hybridized carbons (Fsp3) is 0.318. The van der Waals surface area contributed by atoms with Gasteiger partial charge >= 0.3 is 11.9 Å². The zero-order chi connectivity index (χ0) is 21.4. The summed E-state index contributed by atoms with van der Waals surface area (Å²) in [6.07, 6.45) is 2.81. The molecule has 7 nitrogen and oxygen atoms in total. The number of esters is 2. The quantitative estimate of drug-likeness (QED) is 0.393. The van der Waals surface area contributed by atoms with Gasteiger partial charge in [-0.2, -0.15) is 0 Å². The van der Waals surface area contributed by atoms with E-state index < -0.39 is 24.3 Å². The van der Waals surface area contributed by atoms with E-state index in [0.29, 0.717) is 29.2 Å². The lowest BCUT2D eigenvalue weighted by Gasteiger charge is -2.06. The molecule has 0 aliphatic rings. The minimum Gasteiger partial charge on any atom is -0.493 e. The number of hydrogen-bond acceptors (Lipinski definition) is 6. The first-order chi connectivity index (χ1) is 13.9. The number of benzene rings is 1. The average Bonchev–Trinajstić information content (AvgIpc) is 3.00. The number of carbonyl (C=O) groups is 3. The van der Waals surface area contributed by atoms with Crippen molar-refractivity contribution in [1.29, 1.82) is 0 Å². The molecule has 0 aliphatic carbocycles. The van der Waals surface area contributed by atoms with Crippen LogP contribution in [-0.2, 0) is 14.3 Å². The molecule has 0 saturated heterocycles. The molecule has 0 amide bonds. The van der Waals surface area contributed by atoms with Crippen molar-refractivity contribution < 1.29 is 28.6 Å². The standard InChI is InChI=1S/C22H25NO6/c1-5-27-18-10-8-7-9-16(18)11-12-19(25)29-13-17(24)21-14(3)20(15(4)23-21)22(26)28-6-2/h7-12,23H,5-6,13H2,1-4H3. The number of nitrogens with one attached hydrogen (secondary N) is 1. The molecule has 1 N–H and O–H groups in total. The van der Waals surface area contributed by atoms with Gasteiger partial charge in [0.2, 0.25) is 5.78 Å². The summed E-state index contributed by atoms with van der Waals surface area (Å²) in [5.74, 6) is -0.932. The number of rotatable bonds is 9. The van der Waals surface area contributed by atoms with Crippen LogP contribution in [-0.4, -0.2) is 42.5 Å². The second-order valence-corrected chi connectivity index (χ2v) is 6.18. The van der Waals surface area contributed by atoms with Crippen molar-refractivity contribution in [3.63, 3.8) is 0 Å². The van der Waals surface area contributed by atoms with Gasteiger partial charge in [-0.15, -0.1) is 0 Å². The Balaban J connectivity index is 2.02. The molecule has 2 aromatic rings. The monoisotopic (exact) mass is 399 g/mol. The van der Waals surface area contributed by atoms with Gasteiger partial charge in [0, 0.05) is 17.3 Å². The van der Waals surface area contributed by atoms with Crippen LogP contribution in [0.2, 0.25) is 0 Å². The van der Waals surface area contributed by atoms with Crippen LogP contribution in [0.1, 0.15) is 51.5 Å². The van der Waals surface area contributed by atoms with E-state index in [1.54, 1.807) is 32.9 Å². The number of carbonyl (C=O) groups excluding carboxylic acids is 3. The zero-order valence-corrected chi connectivity index (χ0v) is 17.0. The van der Waals surface area contributed by atoms with Gasteiger partial charge in [-0.1, -0.05) is 18.2 Å². The summed E-state index contributed by atoms with van der Waals surface area (Å²) < 4.78 is 15.5. The van der Waals surface area contributed by atoms with Crippen LogP contribution >= 0.6 is 0 Å². The molecule has 0 atom stereocenters. The third-order valence-electron chi connectivity index (χ3n) is 4.16. The van der Waals surface area contributed by atoms with Gasteiger partial charge in [-0.3, -0.25) is 4.79 Å². The zero-order valence-electron chi connectivity index (χ0n) is 17.0. The summed E-state index contributed by atoms with van der Waals surface area (Å²) in [5.41, 5.74) is 2.29. The normalized spacial score (nSPS) is 10.8. The molecule has 29 heavy (non-hydrogen) atoms. The lowest BCUT2D eigenvalue weighted by atomic mass is 10.1. The molecule has 2 rings (SSSR count). The highest BCUT2D eigenvalue weighted by Crippen LogP contribution is 2.20. The Morgan fingerprint density at radius 1 is 1.03 bits per heavy atom. The van der Waals surface area contributed by atoms with Crippen molar-refractivity contribution in [3.05, 3.63) is 58.4 Å². The van der Waals surface area contributed by atoms with Crippen molar-refractivity contribution in [2.24, 2.45) is 0 Å². The highest BCUT2D eigenvalue weighted by molar-refractivity contribution is 6.03. The van der Waals surface area contributed by atoms with Crippen LogP contribution in [0, 0.1) is 13.8 Å². The van der Waals surface area contributed by atoms with E-state index in [9.17, 15) is 14.4 Å². The number of ketones is 1. The summed E-state index contributed by atoms with van der Waals surface area (Å²) in [4.78, 5) is 39.3. The van der Waals surface area contributed by atoms with E-state index in [4.69, 9.17) is 14.2 Å². The van der Waals surface area contributed by atoms with Crippen molar-refractivity contribution in [1.82, 2.24) is 4.98 Å². The topological polar surface area (TPSA) is 94.7 Å². The molecule has 0 spiro atoms. The van der Waals surface area contributed by atoms with Crippen LogP contribution in [0.4, 0.5) is 0 Å². The molecular formula is C22H25NO6. The van der Waals surface area contributed by atoms with E-state index in [1.807, 2.05) is 25.1 Å². The molecule has 0 saturated carbocycles. The number of aryl methyl sites for hydroxylation is 1. The number of aromatic amines is 1. The van der Waals surface area contributed by atoms with Crippen molar-refractivity contribution >= 4 is 23.8 Å². The highest BCUT2D eigenvalue weighted by atomic mass is 16.5. The molecule has 0 radical (unpaired) electrons.